The number of nitrogens with one attached hydrogen (secondary N) is 2. The summed E-state index contributed by atoms with van der Waals surface area (Å²) in [6.45, 7) is 5.65. The van der Waals surface area contributed by atoms with Crippen molar-refractivity contribution in [3.05, 3.63) is 24.0 Å². The third kappa shape index (κ3) is 2.44. The van der Waals surface area contributed by atoms with Crippen molar-refractivity contribution in [2.75, 3.05) is 25.6 Å². The number of hydrogen-bond donors (Lipinski definition) is 2. The zero-order valence-corrected chi connectivity index (χ0v) is 10.6. The minimum Gasteiger partial charge on any atom is -0.372 e. The lowest BCUT2D eigenvalue weighted by Gasteiger charge is -2.36. The van der Waals surface area contributed by atoms with Gasteiger partial charge in [-0.2, -0.15) is 0 Å². The minimum atomic E-state index is 0.178. The Morgan fingerprint density at radius 2 is 2.06 bits per heavy atom. The summed E-state index contributed by atoms with van der Waals surface area (Å²) in [5.41, 5.74) is 3.92. The van der Waals surface area contributed by atoms with E-state index >= 15 is 0 Å². The zero-order valence-electron chi connectivity index (χ0n) is 10.6. The molecule has 1 fully saturated rings. The summed E-state index contributed by atoms with van der Waals surface area (Å²) in [5.74, 6) is 0.548. The highest BCUT2D eigenvalue weighted by atomic mass is 16.5. The molecule has 2 heterocycles. The summed E-state index contributed by atoms with van der Waals surface area (Å²) in [6.07, 6.45) is 2.27. The van der Waals surface area contributed by atoms with Crippen LogP contribution in [0.2, 0.25) is 0 Å². The number of amidine groups is 1. The fourth-order valence-corrected chi connectivity index (χ4v) is 2.29. The average molecular weight is 236 g/mol. The van der Waals surface area contributed by atoms with Gasteiger partial charge < -0.3 is 15.1 Å². The predicted molar refractivity (Wildman–Crippen MR) is 68.1 cm³/mol. The van der Waals surface area contributed by atoms with E-state index in [1.807, 2.05) is 43.9 Å². The van der Waals surface area contributed by atoms with Gasteiger partial charge in [-0.15, -0.1) is 0 Å². The topological polar surface area (TPSA) is 53.3 Å². The highest BCUT2D eigenvalue weighted by Gasteiger charge is 2.25. The maximum Gasteiger partial charge on any atom is 0.147 e. The van der Waals surface area contributed by atoms with Crippen LogP contribution in [0.3, 0.4) is 0 Å². The van der Waals surface area contributed by atoms with Crippen molar-refractivity contribution in [3.8, 4) is 0 Å². The van der Waals surface area contributed by atoms with Gasteiger partial charge in [-0.1, -0.05) is 0 Å². The van der Waals surface area contributed by atoms with Crippen LogP contribution in [0.5, 0.6) is 0 Å². The molecular weight excluding hydrogens is 216 g/mol. The quantitative estimate of drug-likeness (QED) is 0.597. The Kier molecular flexibility index (Phi) is 3.38. The van der Waals surface area contributed by atoms with Gasteiger partial charge in [-0.05, 0) is 26.0 Å². The standard InChI is InChI=1S/C12H20N4O/c1-9-7-15(8-10(2)17-9)12(13)11-5-4-6-16(11)14-3/h4-6,9-10,13-14H,7-8H2,1-3H3/t9-,10+. The normalized spacial score (nSPS) is 24.8. The van der Waals surface area contributed by atoms with Crippen LogP contribution < -0.4 is 5.43 Å². The molecule has 1 saturated heterocycles. The van der Waals surface area contributed by atoms with Crippen molar-refractivity contribution < 1.29 is 4.74 Å². The van der Waals surface area contributed by atoms with E-state index in [2.05, 4.69) is 10.3 Å². The van der Waals surface area contributed by atoms with Crippen LogP contribution in [0.1, 0.15) is 19.5 Å². The fourth-order valence-electron chi connectivity index (χ4n) is 2.29. The van der Waals surface area contributed by atoms with E-state index in [1.54, 1.807) is 0 Å². The smallest absolute Gasteiger partial charge is 0.147 e. The molecule has 2 rings (SSSR count). The molecule has 5 nitrogen and oxygen atoms in total. The molecule has 2 N–H and O–H groups in total. The van der Waals surface area contributed by atoms with Gasteiger partial charge in [-0.25, -0.2) is 0 Å². The van der Waals surface area contributed by atoms with Crippen LogP contribution in [-0.4, -0.2) is 47.8 Å². The largest absolute Gasteiger partial charge is 0.372 e. The lowest BCUT2D eigenvalue weighted by Crippen LogP contribution is -2.48. The lowest BCUT2D eigenvalue weighted by atomic mass is 10.2. The second-order valence-corrected chi connectivity index (χ2v) is 4.50. The first-order valence-electron chi connectivity index (χ1n) is 5.96. The van der Waals surface area contributed by atoms with Gasteiger partial charge in [0.1, 0.15) is 11.5 Å². The summed E-state index contributed by atoms with van der Waals surface area (Å²) in [6, 6.07) is 3.89. The first-order valence-corrected chi connectivity index (χ1v) is 5.96. The Hall–Kier alpha value is -1.49. The summed E-state index contributed by atoms with van der Waals surface area (Å²) in [7, 11) is 1.85. The summed E-state index contributed by atoms with van der Waals surface area (Å²) in [5, 5.41) is 8.27. The van der Waals surface area contributed by atoms with E-state index < -0.39 is 0 Å². The van der Waals surface area contributed by atoms with Crippen molar-refractivity contribution in [3.63, 3.8) is 0 Å². The molecule has 5 heteroatoms. The zero-order chi connectivity index (χ0) is 12.4. The molecule has 94 valence electrons. The summed E-state index contributed by atoms with van der Waals surface area (Å²) >= 11 is 0. The van der Waals surface area contributed by atoms with E-state index in [4.69, 9.17) is 10.1 Å². The molecule has 1 aliphatic rings. The SMILES string of the molecule is CNn1cccc1C(=N)N1C[C@@H](C)O[C@@H](C)C1. The highest BCUT2D eigenvalue weighted by molar-refractivity contribution is 5.95. The molecule has 0 bridgehead atoms. The molecule has 0 radical (unpaired) electrons. The van der Waals surface area contributed by atoms with Crippen molar-refractivity contribution in [2.45, 2.75) is 26.1 Å². The molecule has 17 heavy (non-hydrogen) atoms. The molecule has 0 spiro atoms. The highest BCUT2D eigenvalue weighted by Crippen LogP contribution is 2.14. The predicted octanol–water partition coefficient (Wildman–Crippen LogP) is 1.10. The molecule has 1 aromatic rings. The third-order valence-electron chi connectivity index (χ3n) is 2.97. The fraction of sp³-hybridized carbons (Fsp3) is 0.583. The maximum atomic E-state index is 8.27. The van der Waals surface area contributed by atoms with E-state index in [9.17, 15) is 0 Å². The van der Waals surface area contributed by atoms with Gasteiger partial charge in [0.2, 0.25) is 0 Å². The molecule has 1 aromatic heterocycles. The van der Waals surface area contributed by atoms with Crippen molar-refractivity contribution in [2.24, 2.45) is 0 Å². The van der Waals surface area contributed by atoms with Crippen LogP contribution in [0.25, 0.3) is 0 Å². The molecule has 1 aliphatic heterocycles. The number of hydrogen-bond acceptors (Lipinski definition) is 3. The summed E-state index contributed by atoms with van der Waals surface area (Å²) < 4.78 is 7.53. The lowest BCUT2D eigenvalue weighted by molar-refractivity contribution is -0.0481. The number of aromatic nitrogens is 1. The molecule has 2 atom stereocenters. The van der Waals surface area contributed by atoms with E-state index in [0.717, 1.165) is 18.8 Å². The number of ether oxygens (including phenoxy) is 1. The van der Waals surface area contributed by atoms with Gasteiger partial charge in [0.15, 0.2) is 0 Å². The van der Waals surface area contributed by atoms with Crippen LogP contribution in [-0.2, 0) is 4.74 Å². The number of morpholine rings is 1. The monoisotopic (exact) mass is 236 g/mol. The Morgan fingerprint density at radius 3 is 2.65 bits per heavy atom. The van der Waals surface area contributed by atoms with Crippen molar-refractivity contribution in [1.29, 1.82) is 5.41 Å². The Labute approximate surface area is 102 Å². The van der Waals surface area contributed by atoms with E-state index in [-0.39, 0.29) is 12.2 Å². The van der Waals surface area contributed by atoms with E-state index in [1.165, 1.54) is 0 Å². The number of rotatable bonds is 2. The van der Waals surface area contributed by atoms with Crippen LogP contribution in [0.15, 0.2) is 18.3 Å². The summed E-state index contributed by atoms with van der Waals surface area (Å²) in [4.78, 5) is 2.07. The minimum absolute atomic E-state index is 0.178. The van der Waals surface area contributed by atoms with Gasteiger partial charge >= 0.3 is 0 Å². The maximum absolute atomic E-state index is 8.27. The molecule has 0 saturated carbocycles. The van der Waals surface area contributed by atoms with Crippen LogP contribution >= 0.6 is 0 Å². The Morgan fingerprint density at radius 1 is 1.41 bits per heavy atom. The Bertz CT molecular complexity index is 391. The molecule has 0 aliphatic carbocycles. The molecule has 0 unspecified atom stereocenters. The molecular formula is C12H20N4O. The van der Waals surface area contributed by atoms with Crippen molar-refractivity contribution >= 4 is 5.84 Å². The van der Waals surface area contributed by atoms with Gasteiger partial charge in [0.25, 0.3) is 0 Å². The number of nitrogens with zero attached hydrogens (tertiary/aromatic N) is 2. The third-order valence-corrected chi connectivity index (χ3v) is 2.97. The van der Waals surface area contributed by atoms with Gasteiger partial charge in [-0.3, -0.25) is 10.1 Å². The van der Waals surface area contributed by atoms with Crippen LogP contribution in [0.4, 0.5) is 0 Å². The Balaban J connectivity index is 2.14. The second-order valence-electron chi connectivity index (χ2n) is 4.50. The van der Waals surface area contributed by atoms with Crippen molar-refractivity contribution in [1.82, 2.24) is 9.58 Å². The first-order chi connectivity index (χ1) is 8.11. The first kappa shape index (κ1) is 12.0. The average Bonchev–Trinajstić information content (AvgIpc) is 2.74. The van der Waals surface area contributed by atoms with E-state index in [0.29, 0.717) is 5.84 Å². The van der Waals surface area contributed by atoms with Gasteiger partial charge in [0, 0.05) is 26.3 Å². The van der Waals surface area contributed by atoms with Gasteiger partial charge in [0.05, 0.1) is 12.2 Å². The second kappa shape index (κ2) is 4.79. The molecule has 0 amide bonds. The molecule has 0 aromatic carbocycles. The van der Waals surface area contributed by atoms with Crippen LogP contribution in [0, 0.1) is 5.41 Å².